The van der Waals surface area contributed by atoms with Crippen molar-refractivity contribution in [1.82, 2.24) is 0 Å². The third-order valence-electron chi connectivity index (χ3n) is 3.58. The zero-order valence-corrected chi connectivity index (χ0v) is 11.1. The van der Waals surface area contributed by atoms with Crippen LogP contribution in [0.3, 0.4) is 0 Å². The molecule has 2 N–H and O–H groups in total. The second kappa shape index (κ2) is 6.60. The molecule has 16 heavy (non-hydrogen) atoms. The molecule has 4 heteroatoms. The fourth-order valence-corrected chi connectivity index (χ4v) is 3.40. The summed E-state index contributed by atoms with van der Waals surface area (Å²) in [5, 5.41) is 0. The third-order valence-corrected chi connectivity index (χ3v) is 5.37. The van der Waals surface area contributed by atoms with Gasteiger partial charge in [-0.05, 0) is 31.6 Å². The van der Waals surface area contributed by atoms with Crippen molar-refractivity contribution in [3.05, 3.63) is 0 Å². The molecule has 1 aliphatic carbocycles. The highest BCUT2D eigenvalue weighted by Crippen LogP contribution is 2.26. The van der Waals surface area contributed by atoms with Gasteiger partial charge in [0.1, 0.15) is 9.84 Å². The maximum atomic E-state index is 11.3. The van der Waals surface area contributed by atoms with Crippen molar-refractivity contribution in [3.8, 4) is 0 Å². The lowest BCUT2D eigenvalue weighted by Gasteiger charge is -2.16. The zero-order chi connectivity index (χ0) is 12.0. The van der Waals surface area contributed by atoms with Crippen LogP contribution in [0.5, 0.6) is 0 Å². The summed E-state index contributed by atoms with van der Waals surface area (Å²) in [4.78, 5) is 0. The van der Waals surface area contributed by atoms with Crippen molar-refractivity contribution < 1.29 is 8.42 Å². The van der Waals surface area contributed by atoms with Crippen LogP contribution < -0.4 is 5.73 Å². The lowest BCUT2D eigenvalue weighted by atomic mass is 9.94. The minimum Gasteiger partial charge on any atom is -0.328 e. The average Bonchev–Trinajstić information content (AvgIpc) is 2.43. The van der Waals surface area contributed by atoms with Gasteiger partial charge < -0.3 is 5.73 Å². The molecule has 2 unspecified atom stereocenters. The molecular weight excluding hydrogens is 222 g/mol. The normalized spacial score (nSPS) is 27.6. The highest BCUT2D eigenvalue weighted by molar-refractivity contribution is 7.91. The van der Waals surface area contributed by atoms with E-state index in [0.717, 1.165) is 25.7 Å². The molecule has 0 spiro atoms. The van der Waals surface area contributed by atoms with Gasteiger partial charge in [-0.25, -0.2) is 8.42 Å². The van der Waals surface area contributed by atoms with Crippen LogP contribution in [0.15, 0.2) is 0 Å². The van der Waals surface area contributed by atoms with Gasteiger partial charge in [0.05, 0.1) is 5.75 Å². The Balaban J connectivity index is 2.26. The van der Waals surface area contributed by atoms with Crippen LogP contribution in [0.25, 0.3) is 0 Å². The van der Waals surface area contributed by atoms with Crippen LogP contribution in [-0.4, -0.2) is 26.0 Å². The van der Waals surface area contributed by atoms with Crippen LogP contribution >= 0.6 is 0 Å². The Morgan fingerprint density at radius 3 is 2.62 bits per heavy atom. The molecule has 3 nitrogen and oxygen atoms in total. The van der Waals surface area contributed by atoms with Gasteiger partial charge >= 0.3 is 0 Å². The molecular formula is C12H25NO2S. The Morgan fingerprint density at radius 1 is 1.25 bits per heavy atom. The van der Waals surface area contributed by atoms with Gasteiger partial charge in [0, 0.05) is 11.8 Å². The molecule has 96 valence electrons. The lowest BCUT2D eigenvalue weighted by Crippen LogP contribution is -2.21. The Hall–Kier alpha value is -0.0900. The summed E-state index contributed by atoms with van der Waals surface area (Å²) in [6.45, 7) is 1.72. The van der Waals surface area contributed by atoms with Gasteiger partial charge in [0.25, 0.3) is 0 Å². The number of rotatable bonds is 5. The minimum atomic E-state index is -2.77. The van der Waals surface area contributed by atoms with E-state index in [-0.39, 0.29) is 5.75 Å². The van der Waals surface area contributed by atoms with Gasteiger partial charge in [-0.15, -0.1) is 0 Å². The molecule has 0 amide bonds. The number of hydrogen-bond acceptors (Lipinski definition) is 3. The van der Waals surface area contributed by atoms with Crippen molar-refractivity contribution in [2.75, 3.05) is 11.5 Å². The molecule has 1 fully saturated rings. The second-order valence-corrected chi connectivity index (χ2v) is 7.50. The number of nitrogens with two attached hydrogens (primary N) is 1. The molecule has 1 rings (SSSR count). The van der Waals surface area contributed by atoms with Gasteiger partial charge in [0.2, 0.25) is 0 Å². The summed E-state index contributed by atoms with van der Waals surface area (Å²) in [5.41, 5.74) is 5.99. The van der Waals surface area contributed by atoms with E-state index in [4.69, 9.17) is 5.73 Å². The van der Waals surface area contributed by atoms with Gasteiger partial charge in [-0.3, -0.25) is 0 Å². The summed E-state index contributed by atoms with van der Waals surface area (Å²) in [6.07, 6.45) is 7.82. The number of sulfone groups is 1. The van der Waals surface area contributed by atoms with Crippen LogP contribution in [-0.2, 0) is 9.84 Å². The molecule has 0 aromatic carbocycles. The van der Waals surface area contributed by atoms with Gasteiger partial charge in [-0.1, -0.05) is 26.2 Å². The largest absolute Gasteiger partial charge is 0.328 e. The molecule has 0 bridgehead atoms. The second-order valence-electron chi connectivity index (χ2n) is 5.02. The summed E-state index contributed by atoms with van der Waals surface area (Å²) >= 11 is 0. The highest BCUT2D eigenvalue weighted by Gasteiger charge is 2.18. The summed E-state index contributed by atoms with van der Waals surface area (Å²) in [5.74, 6) is 1.29. The lowest BCUT2D eigenvalue weighted by molar-refractivity contribution is 0.402. The monoisotopic (exact) mass is 247 g/mol. The Bertz CT molecular complexity index is 287. The molecule has 0 heterocycles. The Labute approximate surface area is 99.7 Å². The quantitative estimate of drug-likeness (QED) is 0.757. The van der Waals surface area contributed by atoms with Crippen LogP contribution in [0.2, 0.25) is 0 Å². The molecule has 1 saturated carbocycles. The molecule has 0 radical (unpaired) electrons. The standard InChI is InChI=1S/C12H25NO2S/c1-2-16(14,15)9-5-7-11-6-3-4-8-12(13)10-11/h11-12H,2-10,13H2,1H3. The van der Waals surface area contributed by atoms with Crippen molar-refractivity contribution in [2.45, 2.75) is 57.9 Å². The fraction of sp³-hybridized carbons (Fsp3) is 1.00. The predicted molar refractivity (Wildman–Crippen MR) is 68.1 cm³/mol. The Kier molecular flexibility index (Phi) is 5.76. The molecule has 2 atom stereocenters. The Morgan fingerprint density at radius 2 is 1.94 bits per heavy atom. The smallest absolute Gasteiger partial charge is 0.150 e. The van der Waals surface area contributed by atoms with Crippen LogP contribution in [0.1, 0.15) is 51.9 Å². The van der Waals surface area contributed by atoms with E-state index in [9.17, 15) is 8.42 Å². The molecule has 0 aliphatic heterocycles. The van der Waals surface area contributed by atoms with Gasteiger partial charge in [0.15, 0.2) is 0 Å². The first kappa shape index (κ1) is 14.0. The average molecular weight is 247 g/mol. The van der Waals surface area contributed by atoms with Crippen LogP contribution in [0.4, 0.5) is 0 Å². The minimum absolute atomic E-state index is 0.275. The zero-order valence-electron chi connectivity index (χ0n) is 10.3. The third kappa shape index (κ3) is 5.30. The first-order chi connectivity index (χ1) is 7.53. The van der Waals surface area contributed by atoms with E-state index in [2.05, 4.69) is 0 Å². The predicted octanol–water partition coefficient (Wildman–Crippen LogP) is 2.11. The van der Waals surface area contributed by atoms with E-state index in [1.807, 2.05) is 0 Å². The maximum Gasteiger partial charge on any atom is 0.150 e. The van der Waals surface area contributed by atoms with E-state index in [0.29, 0.717) is 17.7 Å². The fourth-order valence-electron chi connectivity index (χ4n) is 2.50. The molecule has 0 aromatic rings. The van der Waals surface area contributed by atoms with E-state index in [1.165, 1.54) is 19.3 Å². The first-order valence-electron chi connectivity index (χ1n) is 6.49. The maximum absolute atomic E-state index is 11.3. The highest BCUT2D eigenvalue weighted by atomic mass is 32.2. The molecule has 0 saturated heterocycles. The van der Waals surface area contributed by atoms with Gasteiger partial charge in [-0.2, -0.15) is 0 Å². The van der Waals surface area contributed by atoms with E-state index < -0.39 is 9.84 Å². The summed E-state index contributed by atoms with van der Waals surface area (Å²) < 4.78 is 22.7. The van der Waals surface area contributed by atoms with E-state index >= 15 is 0 Å². The van der Waals surface area contributed by atoms with Crippen molar-refractivity contribution in [1.29, 1.82) is 0 Å². The summed E-state index contributed by atoms with van der Waals surface area (Å²) in [7, 11) is -2.77. The summed E-state index contributed by atoms with van der Waals surface area (Å²) in [6, 6.07) is 0.343. The van der Waals surface area contributed by atoms with Crippen molar-refractivity contribution in [2.24, 2.45) is 11.7 Å². The topological polar surface area (TPSA) is 60.2 Å². The van der Waals surface area contributed by atoms with Crippen molar-refractivity contribution >= 4 is 9.84 Å². The SMILES string of the molecule is CCS(=O)(=O)CCCC1CCCCC(N)C1. The first-order valence-corrected chi connectivity index (χ1v) is 8.31. The van der Waals surface area contributed by atoms with Crippen LogP contribution in [0, 0.1) is 5.92 Å². The van der Waals surface area contributed by atoms with E-state index in [1.54, 1.807) is 6.92 Å². The van der Waals surface area contributed by atoms with Crippen molar-refractivity contribution in [3.63, 3.8) is 0 Å². The number of hydrogen-bond donors (Lipinski definition) is 1. The molecule has 0 aromatic heterocycles. The molecule has 1 aliphatic rings.